The molecular formula is C17H18ClN3O2S2. The normalized spacial score (nSPS) is 11.8. The van der Waals surface area contributed by atoms with Gasteiger partial charge >= 0.3 is 0 Å². The van der Waals surface area contributed by atoms with Crippen LogP contribution in [0.5, 0.6) is 0 Å². The van der Waals surface area contributed by atoms with Gasteiger partial charge in [-0.25, -0.2) is 13.1 Å². The van der Waals surface area contributed by atoms with E-state index in [1.165, 1.54) is 11.3 Å². The first-order chi connectivity index (χ1) is 11.8. The van der Waals surface area contributed by atoms with Gasteiger partial charge < -0.3 is 0 Å². The summed E-state index contributed by atoms with van der Waals surface area (Å²) < 4.78 is 27.9. The van der Waals surface area contributed by atoms with Gasteiger partial charge in [0.1, 0.15) is 5.69 Å². The van der Waals surface area contributed by atoms with Crippen LogP contribution < -0.4 is 4.72 Å². The lowest BCUT2D eigenvalue weighted by Gasteiger charge is -2.06. The number of thiophene rings is 1. The number of aromatic nitrogens is 2. The Morgan fingerprint density at radius 1 is 1.20 bits per heavy atom. The minimum absolute atomic E-state index is 0.309. The third-order valence-corrected chi connectivity index (χ3v) is 6.78. The van der Waals surface area contributed by atoms with Gasteiger partial charge in [0.05, 0.1) is 9.77 Å². The summed E-state index contributed by atoms with van der Waals surface area (Å²) in [6.07, 6.45) is 0.602. The van der Waals surface area contributed by atoms with Crippen molar-refractivity contribution in [3.63, 3.8) is 0 Å². The van der Waals surface area contributed by atoms with Gasteiger partial charge in [0.25, 0.3) is 0 Å². The van der Waals surface area contributed by atoms with Crippen molar-refractivity contribution in [1.82, 2.24) is 14.9 Å². The summed E-state index contributed by atoms with van der Waals surface area (Å²) in [6, 6.07) is 11.0. The fourth-order valence-corrected chi connectivity index (χ4v) is 5.17. The van der Waals surface area contributed by atoms with Crippen LogP contribution in [-0.4, -0.2) is 25.2 Å². The van der Waals surface area contributed by atoms with Crippen molar-refractivity contribution in [2.45, 2.75) is 25.2 Å². The van der Waals surface area contributed by atoms with Gasteiger partial charge in [-0.15, -0.1) is 11.3 Å². The van der Waals surface area contributed by atoms with Gasteiger partial charge in [-0.2, -0.15) is 5.10 Å². The quantitative estimate of drug-likeness (QED) is 0.664. The predicted octanol–water partition coefficient (Wildman–Crippen LogP) is 3.93. The molecule has 132 valence electrons. The summed E-state index contributed by atoms with van der Waals surface area (Å²) >= 11 is 7.28. The zero-order valence-electron chi connectivity index (χ0n) is 13.8. The highest BCUT2D eigenvalue weighted by atomic mass is 35.5. The molecule has 0 bridgehead atoms. The Morgan fingerprint density at radius 3 is 2.56 bits per heavy atom. The Morgan fingerprint density at radius 2 is 1.92 bits per heavy atom. The maximum Gasteiger partial charge on any atom is 0.241 e. The second-order valence-electron chi connectivity index (χ2n) is 5.74. The van der Waals surface area contributed by atoms with Gasteiger partial charge in [-0.1, -0.05) is 23.7 Å². The summed E-state index contributed by atoms with van der Waals surface area (Å²) in [5, 5.41) is 7.73. The predicted molar refractivity (Wildman–Crippen MR) is 102 cm³/mol. The molecule has 0 amide bonds. The van der Waals surface area contributed by atoms with E-state index in [1.54, 1.807) is 25.1 Å². The Labute approximate surface area is 156 Å². The first-order valence-corrected chi connectivity index (χ1v) is 10.4. The molecule has 0 aliphatic carbocycles. The fraction of sp³-hybridized carbons (Fsp3) is 0.235. The molecule has 1 aromatic carbocycles. The van der Waals surface area contributed by atoms with Crippen LogP contribution in [0.1, 0.15) is 16.1 Å². The van der Waals surface area contributed by atoms with Gasteiger partial charge in [-0.05, 0) is 50.1 Å². The highest BCUT2D eigenvalue weighted by Gasteiger charge is 2.20. The molecule has 0 unspecified atom stereocenters. The Kier molecular flexibility index (Phi) is 5.29. The summed E-state index contributed by atoms with van der Waals surface area (Å²) in [5.41, 5.74) is 2.72. The molecule has 25 heavy (non-hydrogen) atoms. The second kappa shape index (κ2) is 7.29. The molecule has 0 saturated carbocycles. The van der Waals surface area contributed by atoms with Crippen molar-refractivity contribution in [3.8, 4) is 10.6 Å². The lowest BCUT2D eigenvalue weighted by atomic mass is 10.2. The number of rotatable bonds is 6. The van der Waals surface area contributed by atoms with Crippen LogP contribution in [0.3, 0.4) is 0 Å². The molecule has 0 atom stereocenters. The van der Waals surface area contributed by atoms with Crippen molar-refractivity contribution < 1.29 is 8.42 Å². The molecule has 0 fully saturated rings. The Bertz CT molecular complexity index is 976. The molecule has 0 aliphatic rings. The molecular weight excluding hydrogens is 378 g/mol. The number of nitrogens with one attached hydrogen (secondary N) is 2. The van der Waals surface area contributed by atoms with Gasteiger partial charge in [0.2, 0.25) is 10.0 Å². The molecule has 2 heterocycles. The number of aryl methyl sites for hydroxylation is 2. The number of halogens is 1. The summed E-state index contributed by atoms with van der Waals surface area (Å²) in [4.78, 5) is 1.89. The highest BCUT2D eigenvalue weighted by molar-refractivity contribution is 7.89. The molecule has 2 N–H and O–H groups in total. The Balaban J connectivity index is 1.71. The molecule has 5 nitrogen and oxygen atoms in total. The zero-order valence-corrected chi connectivity index (χ0v) is 16.2. The lowest BCUT2D eigenvalue weighted by Crippen LogP contribution is -2.26. The van der Waals surface area contributed by atoms with E-state index in [0.29, 0.717) is 22.9 Å². The zero-order chi connectivity index (χ0) is 18.0. The summed E-state index contributed by atoms with van der Waals surface area (Å²) in [5.74, 6) is 0. The van der Waals surface area contributed by atoms with E-state index in [0.717, 1.165) is 26.7 Å². The van der Waals surface area contributed by atoms with Crippen molar-refractivity contribution >= 4 is 33.0 Å². The average molecular weight is 396 g/mol. The van der Waals surface area contributed by atoms with Gasteiger partial charge in [-0.3, -0.25) is 5.10 Å². The number of aromatic amines is 1. The second-order valence-corrected chi connectivity index (χ2v) is 9.17. The summed E-state index contributed by atoms with van der Waals surface area (Å²) in [7, 11) is -3.55. The number of hydrogen-bond acceptors (Lipinski definition) is 4. The van der Waals surface area contributed by atoms with Gasteiger partial charge in [0, 0.05) is 22.1 Å². The molecule has 0 radical (unpaired) electrons. The topological polar surface area (TPSA) is 74.8 Å². The number of H-pyrrole nitrogens is 1. The van der Waals surface area contributed by atoms with Crippen molar-refractivity contribution in [3.05, 3.63) is 57.6 Å². The van der Waals surface area contributed by atoms with E-state index in [4.69, 9.17) is 11.6 Å². The highest BCUT2D eigenvalue weighted by Crippen LogP contribution is 2.32. The van der Waals surface area contributed by atoms with Crippen LogP contribution in [0.25, 0.3) is 10.6 Å². The minimum atomic E-state index is -3.55. The van der Waals surface area contributed by atoms with Gasteiger partial charge in [0.15, 0.2) is 0 Å². The summed E-state index contributed by atoms with van der Waals surface area (Å²) in [6.45, 7) is 4.05. The van der Waals surface area contributed by atoms with E-state index in [2.05, 4.69) is 14.9 Å². The number of benzene rings is 1. The molecule has 3 rings (SSSR count). The molecule has 0 aliphatic heterocycles. The van der Waals surface area contributed by atoms with Crippen molar-refractivity contribution in [2.24, 2.45) is 0 Å². The van der Waals surface area contributed by atoms with E-state index < -0.39 is 10.0 Å². The minimum Gasteiger partial charge on any atom is -0.282 e. The largest absolute Gasteiger partial charge is 0.282 e. The molecule has 0 spiro atoms. The number of nitrogens with zero attached hydrogens (tertiary/aromatic N) is 1. The fourth-order valence-electron chi connectivity index (χ4n) is 2.46. The van der Waals surface area contributed by atoms with Crippen LogP contribution in [0, 0.1) is 13.8 Å². The number of sulfonamides is 1. The average Bonchev–Trinajstić information content (AvgIpc) is 3.15. The van der Waals surface area contributed by atoms with Crippen LogP contribution in [0.4, 0.5) is 0 Å². The third-order valence-electron chi connectivity index (χ3n) is 3.74. The van der Waals surface area contributed by atoms with Crippen LogP contribution >= 0.6 is 22.9 Å². The molecule has 0 saturated heterocycles. The monoisotopic (exact) mass is 395 g/mol. The van der Waals surface area contributed by atoms with E-state index >= 15 is 0 Å². The SMILES string of the molecule is Cc1cc(-c2cc(S(=O)(=O)NCCc3ccc(Cl)cc3)c(C)s2)n[nH]1. The van der Waals surface area contributed by atoms with E-state index in [-0.39, 0.29) is 0 Å². The van der Waals surface area contributed by atoms with E-state index in [9.17, 15) is 8.42 Å². The third kappa shape index (κ3) is 4.30. The number of hydrogen-bond donors (Lipinski definition) is 2. The molecule has 3 aromatic rings. The Hall–Kier alpha value is -1.67. The van der Waals surface area contributed by atoms with Crippen LogP contribution in [0.2, 0.25) is 5.02 Å². The maximum atomic E-state index is 12.6. The molecule has 8 heteroatoms. The van der Waals surface area contributed by atoms with Crippen molar-refractivity contribution in [1.29, 1.82) is 0 Å². The van der Waals surface area contributed by atoms with Crippen LogP contribution in [0.15, 0.2) is 41.3 Å². The van der Waals surface area contributed by atoms with Crippen LogP contribution in [-0.2, 0) is 16.4 Å². The first kappa shape index (κ1) is 18.1. The van der Waals surface area contributed by atoms with Crippen molar-refractivity contribution in [2.75, 3.05) is 6.54 Å². The molecule has 2 aromatic heterocycles. The lowest BCUT2D eigenvalue weighted by molar-refractivity contribution is 0.581. The maximum absolute atomic E-state index is 12.6. The first-order valence-electron chi connectivity index (χ1n) is 7.72. The smallest absolute Gasteiger partial charge is 0.241 e. The van der Waals surface area contributed by atoms with E-state index in [1.807, 2.05) is 25.1 Å². The standard InChI is InChI=1S/C17H18ClN3O2S2/c1-11-9-15(21-20-11)16-10-17(12(2)24-16)25(22,23)19-8-7-13-3-5-14(18)6-4-13/h3-6,9-10,19H,7-8H2,1-2H3,(H,20,21).